The minimum Gasteiger partial charge on any atom is -0.456 e. The third kappa shape index (κ3) is 4.17. The van der Waals surface area contributed by atoms with Gasteiger partial charge in [0.2, 0.25) is 0 Å². The Morgan fingerprint density at radius 2 is 0.978 bits per heavy atom. The molecule has 1 nitrogen and oxygen atoms in total. The van der Waals surface area contributed by atoms with E-state index in [9.17, 15) is 4.11 Å². The smallest absolute Gasteiger partial charge is 0.138 e. The summed E-state index contributed by atoms with van der Waals surface area (Å²) in [4.78, 5) is 0. The topological polar surface area (TPSA) is 13.1 Å². The van der Waals surface area contributed by atoms with E-state index >= 15 is 0 Å². The molecule has 9 aromatic rings. The van der Waals surface area contributed by atoms with Gasteiger partial charge in [-0.15, -0.1) is 0 Å². The van der Waals surface area contributed by atoms with E-state index in [1.807, 2.05) is 66.7 Å². The lowest BCUT2D eigenvalue weighted by Crippen LogP contribution is -1.91. The fourth-order valence-corrected chi connectivity index (χ4v) is 6.54. The van der Waals surface area contributed by atoms with Gasteiger partial charge in [0.25, 0.3) is 0 Å². The molecule has 0 aliphatic rings. The number of aryl methyl sites for hydroxylation is 1. The molecular weight excluding hydrogens is 556 g/mol. The Hall–Kier alpha value is -5.92. The largest absolute Gasteiger partial charge is 0.456 e. The second-order valence-corrected chi connectivity index (χ2v) is 11.3. The Labute approximate surface area is 282 Å². The van der Waals surface area contributed by atoms with Crippen LogP contribution in [0.4, 0.5) is 0 Å². The molecule has 0 aliphatic heterocycles. The van der Waals surface area contributed by atoms with Gasteiger partial charge in [0.1, 0.15) is 11.2 Å². The highest BCUT2D eigenvalue weighted by atomic mass is 16.3. The molecule has 1 heteroatoms. The Kier molecular flexibility index (Phi) is 4.19. The standard InChI is InChI=1S/C45H30O/c1-29-35(32-14-6-3-7-15-32)26-27-41-36-25-24-34(28-42(36)46-45(29)41)44-39-18-10-8-16-37(39)43(38-17-9-11-19-40(38)44)33-22-20-31(21-23-33)30-12-4-2-5-13-30/h2-28H,1H3/i3D,6D,7D,14D,15D,24D,25D,26D,27D,28D. The van der Waals surface area contributed by atoms with Gasteiger partial charge in [-0.3, -0.25) is 0 Å². The molecular formula is C45H30O. The Morgan fingerprint density at radius 1 is 0.435 bits per heavy atom. The fraction of sp³-hybridized carbons (Fsp3) is 0.0222. The predicted octanol–water partition coefficient (Wildman–Crippen LogP) is 12.9. The molecule has 0 saturated carbocycles. The lowest BCUT2D eigenvalue weighted by molar-refractivity contribution is 0.666. The summed E-state index contributed by atoms with van der Waals surface area (Å²) in [6.45, 7) is 1.57. The molecule has 0 N–H and O–H groups in total. The number of rotatable bonds is 4. The zero-order valence-electron chi connectivity index (χ0n) is 34.7. The molecule has 1 heterocycles. The fourth-order valence-electron chi connectivity index (χ4n) is 6.54. The van der Waals surface area contributed by atoms with Crippen LogP contribution in [-0.4, -0.2) is 0 Å². The van der Waals surface area contributed by atoms with E-state index in [1.54, 1.807) is 6.92 Å². The van der Waals surface area contributed by atoms with E-state index in [2.05, 4.69) is 36.4 Å². The Morgan fingerprint density at radius 3 is 1.63 bits per heavy atom. The molecule has 0 amide bonds. The number of furan rings is 1. The molecule has 8 aromatic carbocycles. The molecule has 0 spiro atoms. The highest BCUT2D eigenvalue weighted by Gasteiger charge is 2.19. The summed E-state index contributed by atoms with van der Waals surface area (Å²) in [6, 6.07) is 30.0. The van der Waals surface area contributed by atoms with Crippen molar-refractivity contribution in [2.75, 3.05) is 0 Å². The van der Waals surface area contributed by atoms with Crippen molar-refractivity contribution < 1.29 is 18.1 Å². The summed E-state index contributed by atoms with van der Waals surface area (Å²) in [6.07, 6.45) is 0. The molecule has 9 rings (SSSR count). The third-order valence-electron chi connectivity index (χ3n) is 8.70. The van der Waals surface area contributed by atoms with E-state index in [-0.39, 0.29) is 62.3 Å². The first kappa shape index (κ1) is 18.1. The number of hydrogen-bond acceptors (Lipinski definition) is 1. The van der Waals surface area contributed by atoms with E-state index in [0.29, 0.717) is 5.56 Å². The maximum Gasteiger partial charge on any atom is 0.138 e. The van der Waals surface area contributed by atoms with Gasteiger partial charge in [-0.1, -0.05) is 145 Å². The second kappa shape index (κ2) is 10.6. The van der Waals surface area contributed by atoms with E-state index in [0.717, 1.165) is 43.8 Å². The van der Waals surface area contributed by atoms with E-state index in [1.165, 1.54) is 0 Å². The van der Waals surface area contributed by atoms with E-state index in [4.69, 9.17) is 14.0 Å². The molecule has 0 radical (unpaired) electrons. The first-order chi connectivity index (χ1) is 26.9. The maximum atomic E-state index is 9.65. The van der Waals surface area contributed by atoms with Crippen LogP contribution in [0.3, 0.4) is 0 Å². The van der Waals surface area contributed by atoms with Crippen LogP contribution in [0.25, 0.3) is 88.0 Å². The van der Waals surface area contributed by atoms with Gasteiger partial charge in [0, 0.05) is 16.3 Å². The molecule has 0 unspecified atom stereocenters. The maximum absolute atomic E-state index is 9.65. The van der Waals surface area contributed by atoms with E-state index < -0.39 is 42.3 Å². The highest BCUT2D eigenvalue weighted by Crippen LogP contribution is 2.45. The lowest BCUT2D eigenvalue weighted by Gasteiger charge is -2.18. The molecule has 0 aliphatic carbocycles. The van der Waals surface area contributed by atoms with Gasteiger partial charge in [-0.25, -0.2) is 0 Å². The van der Waals surface area contributed by atoms with Crippen molar-refractivity contribution in [1.29, 1.82) is 0 Å². The first-order valence-corrected chi connectivity index (χ1v) is 15.0. The third-order valence-corrected chi connectivity index (χ3v) is 8.70. The highest BCUT2D eigenvalue weighted by molar-refractivity contribution is 6.22. The summed E-state index contributed by atoms with van der Waals surface area (Å²) in [7, 11) is 0. The van der Waals surface area contributed by atoms with Gasteiger partial charge >= 0.3 is 0 Å². The molecule has 216 valence electrons. The normalized spacial score (nSPS) is 14.6. The number of benzene rings is 8. The summed E-state index contributed by atoms with van der Waals surface area (Å²) in [5.41, 5.74) is 4.89. The minimum atomic E-state index is -0.578. The Balaban J connectivity index is 1.33. The van der Waals surface area contributed by atoms with Crippen molar-refractivity contribution in [3.05, 3.63) is 169 Å². The van der Waals surface area contributed by atoms with Crippen LogP contribution in [0.15, 0.2) is 168 Å². The van der Waals surface area contributed by atoms with Crippen LogP contribution in [0.1, 0.15) is 19.3 Å². The lowest BCUT2D eigenvalue weighted by atomic mass is 9.85. The van der Waals surface area contributed by atoms with Gasteiger partial charge in [-0.2, -0.15) is 0 Å². The first-order valence-electron chi connectivity index (χ1n) is 20.0. The SMILES string of the molecule is [2H]c1c([2H])c([2H])c(-c2c([2H])c([2H])c3c(oc4c([2H])c(-c5c6ccccc6c(-c6ccc(-c7ccccc7)cc6)c6ccccc56)c([2H])c([2H])c43)c2C)c([2H])c1[2H]. The summed E-state index contributed by atoms with van der Waals surface area (Å²) in [5.74, 6) is 0. The van der Waals surface area contributed by atoms with Crippen molar-refractivity contribution in [3.63, 3.8) is 0 Å². The van der Waals surface area contributed by atoms with Gasteiger partial charge < -0.3 is 4.42 Å². The van der Waals surface area contributed by atoms with Crippen molar-refractivity contribution in [1.82, 2.24) is 0 Å². The monoisotopic (exact) mass is 596 g/mol. The molecule has 0 atom stereocenters. The minimum absolute atomic E-state index is 0.0386. The van der Waals surface area contributed by atoms with Crippen LogP contribution >= 0.6 is 0 Å². The summed E-state index contributed by atoms with van der Waals surface area (Å²) in [5, 5.41) is 3.45. The Bertz CT molecular complexity index is 3050. The quantitative estimate of drug-likeness (QED) is 0.184. The predicted molar refractivity (Wildman–Crippen MR) is 195 cm³/mol. The average Bonchev–Trinajstić information content (AvgIpc) is 3.64. The van der Waals surface area contributed by atoms with Crippen molar-refractivity contribution in [2.24, 2.45) is 0 Å². The molecule has 0 saturated heterocycles. The van der Waals surface area contributed by atoms with Crippen LogP contribution in [-0.2, 0) is 0 Å². The zero-order valence-corrected chi connectivity index (χ0v) is 24.7. The van der Waals surface area contributed by atoms with Crippen LogP contribution < -0.4 is 0 Å². The summed E-state index contributed by atoms with van der Waals surface area (Å²) >= 11 is 0. The second-order valence-electron chi connectivity index (χ2n) is 11.3. The molecule has 1 aromatic heterocycles. The molecule has 0 fully saturated rings. The van der Waals surface area contributed by atoms with Crippen LogP contribution in [0.2, 0.25) is 0 Å². The van der Waals surface area contributed by atoms with Crippen LogP contribution in [0.5, 0.6) is 0 Å². The van der Waals surface area contributed by atoms with Crippen molar-refractivity contribution in [2.45, 2.75) is 6.92 Å². The van der Waals surface area contributed by atoms with Crippen molar-refractivity contribution >= 4 is 43.5 Å². The molecule has 0 bridgehead atoms. The van der Waals surface area contributed by atoms with Gasteiger partial charge in [0.05, 0.1) is 13.7 Å². The van der Waals surface area contributed by atoms with Crippen molar-refractivity contribution in [3.8, 4) is 44.5 Å². The summed E-state index contributed by atoms with van der Waals surface area (Å²) < 4.78 is 94.6. The number of fused-ring (bicyclic) bond motifs is 5. The number of hydrogen-bond donors (Lipinski definition) is 0. The van der Waals surface area contributed by atoms with Crippen LogP contribution in [0, 0.1) is 6.92 Å². The average molecular weight is 597 g/mol. The zero-order chi connectivity index (χ0) is 39.3. The molecule has 46 heavy (non-hydrogen) atoms. The van der Waals surface area contributed by atoms with Gasteiger partial charge in [-0.05, 0) is 91.1 Å². The van der Waals surface area contributed by atoms with Gasteiger partial charge in [0.15, 0.2) is 0 Å².